The highest BCUT2D eigenvalue weighted by molar-refractivity contribution is 5.87. The summed E-state index contributed by atoms with van der Waals surface area (Å²) in [5.41, 5.74) is 2.38. The van der Waals surface area contributed by atoms with Crippen molar-refractivity contribution >= 4 is 11.9 Å². The summed E-state index contributed by atoms with van der Waals surface area (Å²) in [4.78, 5) is 24.0. The van der Waals surface area contributed by atoms with Crippen LogP contribution in [0.5, 0.6) is 0 Å². The standard InChI is InChI=1S/C18H23NO4/c1-11-5-2-3-7-13(11)14-9-15(14)17(20)19-16(18(21)22)12-6-4-8-23-10-12/h2-3,5,7,12,14-16H,4,6,8-10H2,1H3,(H,19,20)(H,21,22). The summed E-state index contributed by atoms with van der Waals surface area (Å²) in [7, 11) is 0. The molecule has 0 aromatic heterocycles. The molecule has 1 aliphatic heterocycles. The zero-order valence-corrected chi connectivity index (χ0v) is 13.3. The van der Waals surface area contributed by atoms with E-state index in [0.717, 1.165) is 19.3 Å². The maximum atomic E-state index is 12.4. The summed E-state index contributed by atoms with van der Waals surface area (Å²) >= 11 is 0. The minimum absolute atomic E-state index is 0.109. The van der Waals surface area contributed by atoms with E-state index in [4.69, 9.17) is 4.74 Å². The first-order valence-corrected chi connectivity index (χ1v) is 8.24. The summed E-state index contributed by atoms with van der Waals surface area (Å²) in [6, 6.07) is 7.22. The number of carboxylic acids is 1. The number of ether oxygens (including phenoxy) is 1. The van der Waals surface area contributed by atoms with Crippen LogP contribution in [0.3, 0.4) is 0 Å². The molecule has 5 heteroatoms. The van der Waals surface area contributed by atoms with Gasteiger partial charge >= 0.3 is 5.97 Å². The fraction of sp³-hybridized carbons (Fsp3) is 0.556. The van der Waals surface area contributed by atoms with Crippen molar-refractivity contribution < 1.29 is 19.4 Å². The van der Waals surface area contributed by atoms with E-state index < -0.39 is 12.0 Å². The van der Waals surface area contributed by atoms with Gasteiger partial charge in [0.1, 0.15) is 6.04 Å². The van der Waals surface area contributed by atoms with E-state index in [0.29, 0.717) is 13.2 Å². The van der Waals surface area contributed by atoms with Gasteiger partial charge in [-0.15, -0.1) is 0 Å². The second-order valence-corrected chi connectivity index (χ2v) is 6.61. The van der Waals surface area contributed by atoms with Crippen molar-refractivity contribution in [3.63, 3.8) is 0 Å². The van der Waals surface area contributed by atoms with E-state index in [1.54, 1.807) is 0 Å². The van der Waals surface area contributed by atoms with E-state index in [2.05, 4.69) is 11.4 Å². The van der Waals surface area contributed by atoms with Gasteiger partial charge in [0.05, 0.1) is 6.61 Å². The van der Waals surface area contributed by atoms with Crippen LogP contribution in [0.1, 0.15) is 36.3 Å². The van der Waals surface area contributed by atoms with Gasteiger partial charge in [-0.05, 0) is 43.2 Å². The molecule has 2 fully saturated rings. The lowest BCUT2D eigenvalue weighted by atomic mass is 9.93. The second-order valence-electron chi connectivity index (χ2n) is 6.61. The van der Waals surface area contributed by atoms with Crippen molar-refractivity contribution in [1.82, 2.24) is 5.32 Å². The number of carbonyl (C=O) groups excluding carboxylic acids is 1. The molecule has 4 unspecified atom stereocenters. The molecule has 1 heterocycles. The lowest BCUT2D eigenvalue weighted by Crippen LogP contribution is -2.49. The number of rotatable bonds is 5. The highest BCUT2D eigenvalue weighted by atomic mass is 16.5. The molecule has 2 aliphatic rings. The van der Waals surface area contributed by atoms with E-state index >= 15 is 0 Å². The van der Waals surface area contributed by atoms with Crippen LogP contribution in [0.4, 0.5) is 0 Å². The number of benzene rings is 1. The Balaban J connectivity index is 1.62. The molecule has 5 nitrogen and oxygen atoms in total. The molecule has 2 N–H and O–H groups in total. The molecular formula is C18H23NO4. The minimum atomic E-state index is -0.970. The first-order valence-electron chi connectivity index (χ1n) is 8.24. The molecule has 1 aliphatic carbocycles. The number of carbonyl (C=O) groups is 2. The second kappa shape index (κ2) is 6.71. The Morgan fingerprint density at radius 3 is 2.78 bits per heavy atom. The van der Waals surface area contributed by atoms with E-state index in [1.807, 2.05) is 25.1 Å². The lowest BCUT2D eigenvalue weighted by Gasteiger charge is -2.28. The SMILES string of the molecule is Cc1ccccc1C1CC1C(=O)NC(C(=O)O)C1CCCOC1. The molecule has 0 radical (unpaired) electrons. The Hall–Kier alpha value is -1.88. The maximum absolute atomic E-state index is 12.4. The first kappa shape index (κ1) is 16.0. The molecule has 3 rings (SSSR count). The third-order valence-corrected chi connectivity index (χ3v) is 4.95. The first-order chi connectivity index (χ1) is 11.1. The fourth-order valence-electron chi connectivity index (χ4n) is 3.50. The van der Waals surface area contributed by atoms with Gasteiger partial charge in [-0.25, -0.2) is 4.79 Å². The van der Waals surface area contributed by atoms with Gasteiger partial charge in [-0.2, -0.15) is 0 Å². The minimum Gasteiger partial charge on any atom is -0.480 e. The quantitative estimate of drug-likeness (QED) is 0.872. The Kier molecular flexibility index (Phi) is 4.66. The van der Waals surface area contributed by atoms with Crippen LogP contribution in [-0.2, 0) is 14.3 Å². The zero-order chi connectivity index (χ0) is 16.4. The largest absolute Gasteiger partial charge is 0.480 e. The number of hydrogen-bond acceptors (Lipinski definition) is 3. The van der Waals surface area contributed by atoms with Crippen molar-refractivity contribution in [2.75, 3.05) is 13.2 Å². The third-order valence-electron chi connectivity index (χ3n) is 4.95. The summed E-state index contributed by atoms with van der Waals surface area (Å²) in [5, 5.41) is 12.2. The van der Waals surface area contributed by atoms with Crippen LogP contribution in [0, 0.1) is 18.8 Å². The molecule has 124 valence electrons. The van der Waals surface area contributed by atoms with Crippen molar-refractivity contribution in [2.45, 2.75) is 38.1 Å². The Morgan fingerprint density at radius 1 is 1.35 bits per heavy atom. The zero-order valence-electron chi connectivity index (χ0n) is 13.3. The topological polar surface area (TPSA) is 75.6 Å². The van der Waals surface area contributed by atoms with E-state index in [1.165, 1.54) is 11.1 Å². The number of amides is 1. The highest BCUT2D eigenvalue weighted by Gasteiger charge is 2.46. The fourth-order valence-corrected chi connectivity index (χ4v) is 3.50. The summed E-state index contributed by atoms with van der Waals surface area (Å²) < 4.78 is 5.36. The summed E-state index contributed by atoms with van der Waals surface area (Å²) in [6.45, 7) is 3.12. The Morgan fingerprint density at radius 2 is 2.13 bits per heavy atom. The van der Waals surface area contributed by atoms with Crippen molar-refractivity contribution in [2.24, 2.45) is 11.8 Å². The van der Waals surface area contributed by atoms with Gasteiger partial charge in [0.2, 0.25) is 5.91 Å². The predicted molar refractivity (Wildman–Crippen MR) is 85.1 cm³/mol. The molecule has 1 amide bonds. The van der Waals surface area contributed by atoms with Crippen LogP contribution >= 0.6 is 0 Å². The molecule has 1 aromatic rings. The van der Waals surface area contributed by atoms with Crippen molar-refractivity contribution in [3.8, 4) is 0 Å². The molecule has 0 spiro atoms. The number of aliphatic carboxylic acids is 1. The predicted octanol–water partition coefficient (Wildman–Crippen LogP) is 2.09. The van der Waals surface area contributed by atoms with Gasteiger partial charge in [-0.3, -0.25) is 4.79 Å². The summed E-state index contributed by atoms with van der Waals surface area (Å²) in [6.07, 6.45) is 2.42. The van der Waals surface area contributed by atoms with E-state index in [-0.39, 0.29) is 23.7 Å². The normalized spacial score (nSPS) is 28.0. The highest BCUT2D eigenvalue weighted by Crippen LogP contribution is 2.48. The molecule has 4 atom stereocenters. The monoisotopic (exact) mass is 317 g/mol. The molecule has 1 aromatic carbocycles. The average molecular weight is 317 g/mol. The van der Waals surface area contributed by atoms with Crippen molar-refractivity contribution in [1.29, 1.82) is 0 Å². The Labute approximate surface area is 136 Å². The number of nitrogens with one attached hydrogen (secondary N) is 1. The molecule has 0 bridgehead atoms. The molecule has 23 heavy (non-hydrogen) atoms. The average Bonchev–Trinajstić information content (AvgIpc) is 3.34. The smallest absolute Gasteiger partial charge is 0.326 e. The van der Waals surface area contributed by atoms with Gasteiger partial charge in [0.15, 0.2) is 0 Å². The van der Waals surface area contributed by atoms with Crippen LogP contribution in [0.25, 0.3) is 0 Å². The Bertz CT molecular complexity index is 594. The third kappa shape index (κ3) is 3.55. The van der Waals surface area contributed by atoms with Crippen LogP contribution in [0.15, 0.2) is 24.3 Å². The lowest BCUT2D eigenvalue weighted by molar-refractivity contribution is -0.145. The summed E-state index contributed by atoms with van der Waals surface area (Å²) in [5.74, 6) is -1.14. The molecule has 1 saturated carbocycles. The molecule has 1 saturated heterocycles. The van der Waals surface area contributed by atoms with Crippen molar-refractivity contribution in [3.05, 3.63) is 35.4 Å². The number of aryl methyl sites for hydroxylation is 1. The molecular weight excluding hydrogens is 294 g/mol. The van der Waals surface area contributed by atoms with Gasteiger partial charge in [0, 0.05) is 18.4 Å². The van der Waals surface area contributed by atoms with Crippen LogP contribution < -0.4 is 5.32 Å². The van der Waals surface area contributed by atoms with Gasteiger partial charge in [0.25, 0.3) is 0 Å². The number of hydrogen-bond donors (Lipinski definition) is 2. The number of carboxylic acid groups (broad SMARTS) is 1. The van der Waals surface area contributed by atoms with Gasteiger partial charge < -0.3 is 15.2 Å². The van der Waals surface area contributed by atoms with E-state index in [9.17, 15) is 14.7 Å². The van der Waals surface area contributed by atoms with Gasteiger partial charge in [-0.1, -0.05) is 24.3 Å². The van der Waals surface area contributed by atoms with Crippen LogP contribution in [-0.4, -0.2) is 36.2 Å². The van der Waals surface area contributed by atoms with Crippen LogP contribution in [0.2, 0.25) is 0 Å². The maximum Gasteiger partial charge on any atom is 0.326 e.